The summed E-state index contributed by atoms with van der Waals surface area (Å²) >= 11 is 6.09. The first-order valence-corrected chi connectivity index (χ1v) is 6.32. The van der Waals surface area contributed by atoms with Crippen LogP contribution in [0.3, 0.4) is 0 Å². The van der Waals surface area contributed by atoms with Gasteiger partial charge in [-0.15, -0.1) is 0 Å². The van der Waals surface area contributed by atoms with Gasteiger partial charge in [-0.05, 0) is 24.5 Å². The number of para-hydroxylation sites is 1. The summed E-state index contributed by atoms with van der Waals surface area (Å²) in [5.41, 5.74) is 6.86. The highest BCUT2D eigenvalue weighted by atomic mass is 35.5. The molecule has 1 aromatic rings. The van der Waals surface area contributed by atoms with Gasteiger partial charge < -0.3 is 15.8 Å². The van der Waals surface area contributed by atoms with Gasteiger partial charge in [0.2, 0.25) is 0 Å². The Morgan fingerprint density at radius 1 is 1.56 bits per heavy atom. The maximum absolute atomic E-state index is 11.2. The normalized spacial score (nSPS) is 12.0. The second kappa shape index (κ2) is 7.24. The molecule has 18 heavy (non-hydrogen) atoms. The number of carbonyl (C=O) groups is 1. The standard InChI is InChI=1S/C13H19ClN2O2/c1-3-10(15)7-9-5-4-6-11(14)13(9)18-8-12(17)16-2/h4-6,10H,3,7-8,15H2,1-2H3,(H,16,17). The lowest BCUT2D eigenvalue weighted by atomic mass is 10.0. The maximum atomic E-state index is 11.2. The molecule has 4 nitrogen and oxygen atoms in total. The number of halogens is 1. The highest BCUT2D eigenvalue weighted by Crippen LogP contribution is 2.29. The van der Waals surface area contributed by atoms with Crippen molar-refractivity contribution in [3.63, 3.8) is 0 Å². The SMILES string of the molecule is CCC(N)Cc1cccc(Cl)c1OCC(=O)NC. The molecule has 1 unspecified atom stereocenters. The summed E-state index contributed by atoms with van der Waals surface area (Å²) in [5.74, 6) is 0.354. The van der Waals surface area contributed by atoms with E-state index in [1.165, 1.54) is 0 Å². The number of amides is 1. The van der Waals surface area contributed by atoms with Crippen LogP contribution in [-0.4, -0.2) is 25.6 Å². The fraction of sp³-hybridized carbons (Fsp3) is 0.462. The Labute approximate surface area is 112 Å². The summed E-state index contributed by atoms with van der Waals surface area (Å²) in [7, 11) is 1.56. The molecule has 0 aromatic heterocycles. The number of hydrogen-bond acceptors (Lipinski definition) is 3. The van der Waals surface area contributed by atoms with Gasteiger partial charge in [0, 0.05) is 13.1 Å². The van der Waals surface area contributed by atoms with Crippen LogP contribution in [0.5, 0.6) is 5.75 Å². The molecule has 100 valence electrons. The summed E-state index contributed by atoms with van der Waals surface area (Å²) in [6, 6.07) is 5.57. The van der Waals surface area contributed by atoms with E-state index in [0.717, 1.165) is 12.0 Å². The van der Waals surface area contributed by atoms with Crippen molar-refractivity contribution in [1.29, 1.82) is 0 Å². The number of carbonyl (C=O) groups excluding carboxylic acids is 1. The monoisotopic (exact) mass is 270 g/mol. The predicted molar refractivity (Wildman–Crippen MR) is 73.0 cm³/mol. The molecular weight excluding hydrogens is 252 g/mol. The zero-order valence-electron chi connectivity index (χ0n) is 10.7. The lowest BCUT2D eigenvalue weighted by molar-refractivity contribution is -0.122. The lowest BCUT2D eigenvalue weighted by Gasteiger charge is -2.15. The van der Waals surface area contributed by atoms with Crippen molar-refractivity contribution in [1.82, 2.24) is 5.32 Å². The van der Waals surface area contributed by atoms with Crippen LogP contribution in [0.1, 0.15) is 18.9 Å². The van der Waals surface area contributed by atoms with Crippen LogP contribution in [0.25, 0.3) is 0 Å². The Morgan fingerprint density at radius 3 is 2.89 bits per heavy atom. The smallest absolute Gasteiger partial charge is 0.257 e. The molecule has 0 aliphatic carbocycles. The van der Waals surface area contributed by atoms with Crippen molar-refractivity contribution in [2.75, 3.05) is 13.7 Å². The van der Waals surface area contributed by atoms with Gasteiger partial charge in [-0.2, -0.15) is 0 Å². The molecule has 0 heterocycles. The van der Waals surface area contributed by atoms with E-state index in [0.29, 0.717) is 17.2 Å². The lowest BCUT2D eigenvalue weighted by Crippen LogP contribution is -2.26. The third kappa shape index (κ3) is 4.20. The van der Waals surface area contributed by atoms with E-state index in [1.54, 1.807) is 13.1 Å². The molecular formula is C13H19ClN2O2. The molecule has 0 saturated heterocycles. The van der Waals surface area contributed by atoms with Crippen LogP contribution in [0.4, 0.5) is 0 Å². The highest BCUT2D eigenvalue weighted by molar-refractivity contribution is 6.32. The summed E-state index contributed by atoms with van der Waals surface area (Å²) in [6.07, 6.45) is 1.56. The number of ether oxygens (including phenoxy) is 1. The Morgan fingerprint density at radius 2 is 2.28 bits per heavy atom. The molecule has 1 aromatic carbocycles. The predicted octanol–water partition coefficient (Wildman–Crippen LogP) is 1.74. The number of nitrogens with two attached hydrogens (primary N) is 1. The third-order valence-corrected chi connectivity index (χ3v) is 2.98. The molecule has 1 rings (SSSR count). The number of likely N-dealkylation sites (N-methyl/N-ethyl adjacent to an activating group) is 1. The second-order valence-electron chi connectivity index (χ2n) is 4.06. The van der Waals surface area contributed by atoms with E-state index in [9.17, 15) is 4.79 Å². The average molecular weight is 271 g/mol. The first kappa shape index (κ1) is 14.8. The molecule has 1 atom stereocenters. The van der Waals surface area contributed by atoms with Crippen LogP contribution in [0, 0.1) is 0 Å². The number of benzene rings is 1. The van der Waals surface area contributed by atoms with Crippen molar-refractivity contribution in [3.05, 3.63) is 28.8 Å². The zero-order valence-corrected chi connectivity index (χ0v) is 11.5. The number of hydrogen-bond donors (Lipinski definition) is 2. The topological polar surface area (TPSA) is 64.3 Å². The van der Waals surface area contributed by atoms with Crippen LogP contribution in [-0.2, 0) is 11.2 Å². The fourth-order valence-electron chi connectivity index (χ4n) is 1.51. The second-order valence-corrected chi connectivity index (χ2v) is 4.47. The van der Waals surface area contributed by atoms with Crippen molar-refractivity contribution in [2.45, 2.75) is 25.8 Å². The van der Waals surface area contributed by atoms with Crippen LogP contribution in [0.15, 0.2) is 18.2 Å². The van der Waals surface area contributed by atoms with Crippen molar-refractivity contribution in [3.8, 4) is 5.75 Å². The number of nitrogens with one attached hydrogen (secondary N) is 1. The summed E-state index contributed by atoms with van der Waals surface area (Å²) in [5, 5.41) is 2.99. The Kier molecular flexibility index (Phi) is 5.95. The van der Waals surface area contributed by atoms with Gasteiger partial charge in [0.15, 0.2) is 6.61 Å². The van der Waals surface area contributed by atoms with E-state index in [2.05, 4.69) is 5.32 Å². The van der Waals surface area contributed by atoms with Gasteiger partial charge in [-0.25, -0.2) is 0 Å². The molecule has 5 heteroatoms. The van der Waals surface area contributed by atoms with E-state index in [4.69, 9.17) is 22.1 Å². The summed E-state index contributed by atoms with van der Waals surface area (Å²) < 4.78 is 5.47. The van der Waals surface area contributed by atoms with Crippen molar-refractivity contribution < 1.29 is 9.53 Å². The first-order chi connectivity index (χ1) is 8.58. The molecule has 0 saturated carbocycles. The molecule has 0 aliphatic rings. The molecule has 0 aliphatic heterocycles. The van der Waals surface area contributed by atoms with Crippen LogP contribution < -0.4 is 15.8 Å². The minimum atomic E-state index is -0.194. The van der Waals surface area contributed by atoms with Gasteiger partial charge in [0.05, 0.1) is 5.02 Å². The number of rotatable bonds is 6. The van der Waals surface area contributed by atoms with Crippen LogP contribution in [0.2, 0.25) is 5.02 Å². The van der Waals surface area contributed by atoms with E-state index in [-0.39, 0.29) is 18.6 Å². The van der Waals surface area contributed by atoms with E-state index < -0.39 is 0 Å². The summed E-state index contributed by atoms with van der Waals surface area (Å²) in [6.45, 7) is 1.98. The zero-order chi connectivity index (χ0) is 13.5. The Hall–Kier alpha value is -1.26. The van der Waals surface area contributed by atoms with Gasteiger partial charge in [-0.1, -0.05) is 30.7 Å². The molecule has 0 fully saturated rings. The van der Waals surface area contributed by atoms with E-state index >= 15 is 0 Å². The third-order valence-electron chi connectivity index (χ3n) is 2.68. The Balaban J connectivity index is 2.83. The van der Waals surface area contributed by atoms with Crippen molar-refractivity contribution >= 4 is 17.5 Å². The van der Waals surface area contributed by atoms with Gasteiger partial charge in [0.1, 0.15) is 5.75 Å². The molecule has 0 bridgehead atoms. The molecule has 0 radical (unpaired) electrons. The quantitative estimate of drug-likeness (QED) is 0.828. The van der Waals surface area contributed by atoms with Crippen molar-refractivity contribution in [2.24, 2.45) is 5.73 Å². The van der Waals surface area contributed by atoms with Gasteiger partial charge >= 0.3 is 0 Å². The van der Waals surface area contributed by atoms with E-state index in [1.807, 2.05) is 19.1 Å². The fourth-order valence-corrected chi connectivity index (χ4v) is 1.76. The maximum Gasteiger partial charge on any atom is 0.257 e. The minimum Gasteiger partial charge on any atom is -0.482 e. The van der Waals surface area contributed by atoms with Crippen LogP contribution >= 0.6 is 11.6 Å². The average Bonchev–Trinajstić information content (AvgIpc) is 2.37. The van der Waals surface area contributed by atoms with Gasteiger partial charge in [0.25, 0.3) is 5.91 Å². The highest BCUT2D eigenvalue weighted by Gasteiger charge is 2.12. The largest absolute Gasteiger partial charge is 0.482 e. The first-order valence-electron chi connectivity index (χ1n) is 5.94. The molecule has 1 amide bonds. The molecule has 3 N–H and O–H groups in total. The molecule has 0 spiro atoms. The Bertz CT molecular complexity index is 410. The minimum absolute atomic E-state index is 0.0470. The summed E-state index contributed by atoms with van der Waals surface area (Å²) in [4.78, 5) is 11.2. The van der Waals surface area contributed by atoms with Gasteiger partial charge in [-0.3, -0.25) is 4.79 Å².